The first-order chi connectivity index (χ1) is 9.70. The highest BCUT2D eigenvalue weighted by Gasteiger charge is 2.34. The Bertz CT molecular complexity index is 361. The lowest BCUT2D eigenvalue weighted by Crippen LogP contribution is -2.49. The first-order valence-corrected chi connectivity index (χ1v) is 7.24. The second-order valence-electron chi connectivity index (χ2n) is 4.84. The van der Waals surface area contributed by atoms with E-state index in [-0.39, 0.29) is 12.6 Å². The molecule has 0 aromatic rings. The summed E-state index contributed by atoms with van der Waals surface area (Å²) in [5, 5.41) is 0. The Hall–Kier alpha value is -1.70. The SMILES string of the molecule is C#CCOC(=O)N1CCCCC1C(=O)OCCCCC. The van der Waals surface area contributed by atoms with E-state index in [0.717, 1.165) is 32.1 Å². The number of terminal acetylenes is 1. The van der Waals surface area contributed by atoms with Gasteiger partial charge in [0.15, 0.2) is 6.61 Å². The third-order valence-corrected chi connectivity index (χ3v) is 3.28. The van der Waals surface area contributed by atoms with Crippen LogP contribution < -0.4 is 0 Å². The standard InChI is InChI=1S/C15H23NO4/c1-3-5-8-12-19-14(17)13-9-6-7-10-16(13)15(18)20-11-4-2/h2,13H,3,5-12H2,1H3. The Labute approximate surface area is 120 Å². The smallest absolute Gasteiger partial charge is 0.411 e. The van der Waals surface area contributed by atoms with E-state index in [2.05, 4.69) is 12.8 Å². The molecule has 1 unspecified atom stereocenters. The zero-order valence-electron chi connectivity index (χ0n) is 12.1. The van der Waals surface area contributed by atoms with Crippen molar-refractivity contribution in [1.82, 2.24) is 4.90 Å². The number of carbonyl (C=O) groups excluding carboxylic acids is 2. The van der Waals surface area contributed by atoms with Crippen molar-refractivity contribution in [2.45, 2.75) is 51.5 Å². The number of nitrogens with zero attached hydrogens (tertiary/aromatic N) is 1. The maximum absolute atomic E-state index is 12.0. The highest BCUT2D eigenvalue weighted by atomic mass is 16.6. The predicted molar refractivity (Wildman–Crippen MR) is 75.0 cm³/mol. The molecule has 1 fully saturated rings. The number of likely N-dealkylation sites (tertiary alicyclic amines) is 1. The molecule has 1 amide bonds. The molecular formula is C15H23NO4. The molecule has 0 saturated carbocycles. The minimum Gasteiger partial charge on any atom is -0.464 e. The van der Waals surface area contributed by atoms with Gasteiger partial charge in [0.05, 0.1) is 6.61 Å². The Balaban J connectivity index is 2.48. The van der Waals surface area contributed by atoms with Gasteiger partial charge in [-0.1, -0.05) is 25.7 Å². The van der Waals surface area contributed by atoms with Crippen molar-refractivity contribution in [3.8, 4) is 12.3 Å². The fourth-order valence-electron chi connectivity index (χ4n) is 2.20. The van der Waals surface area contributed by atoms with Crippen LogP contribution in [0.15, 0.2) is 0 Å². The molecule has 0 aliphatic carbocycles. The van der Waals surface area contributed by atoms with Gasteiger partial charge < -0.3 is 9.47 Å². The molecule has 0 N–H and O–H groups in total. The molecule has 1 rings (SSSR count). The Morgan fingerprint density at radius 1 is 1.30 bits per heavy atom. The average molecular weight is 281 g/mol. The van der Waals surface area contributed by atoms with Crippen molar-refractivity contribution in [1.29, 1.82) is 0 Å². The number of amides is 1. The zero-order valence-corrected chi connectivity index (χ0v) is 12.1. The number of hydrogen-bond donors (Lipinski definition) is 0. The molecule has 0 aromatic carbocycles. The highest BCUT2D eigenvalue weighted by Crippen LogP contribution is 2.19. The number of carbonyl (C=O) groups is 2. The van der Waals surface area contributed by atoms with Crippen LogP contribution in [0.4, 0.5) is 4.79 Å². The largest absolute Gasteiger partial charge is 0.464 e. The van der Waals surface area contributed by atoms with E-state index < -0.39 is 12.1 Å². The third-order valence-electron chi connectivity index (χ3n) is 3.28. The van der Waals surface area contributed by atoms with Gasteiger partial charge in [0.25, 0.3) is 0 Å². The van der Waals surface area contributed by atoms with E-state index in [9.17, 15) is 9.59 Å². The summed E-state index contributed by atoms with van der Waals surface area (Å²) in [5.74, 6) is 1.91. The van der Waals surface area contributed by atoms with E-state index >= 15 is 0 Å². The highest BCUT2D eigenvalue weighted by molar-refractivity contribution is 5.81. The van der Waals surface area contributed by atoms with E-state index in [0.29, 0.717) is 19.6 Å². The number of piperidine rings is 1. The van der Waals surface area contributed by atoms with Crippen molar-refractivity contribution in [2.24, 2.45) is 0 Å². The van der Waals surface area contributed by atoms with E-state index in [1.165, 1.54) is 4.90 Å². The van der Waals surface area contributed by atoms with Gasteiger partial charge in [0.1, 0.15) is 6.04 Å². The van der Waals surface area contributed by atoms with Crippen LogP contribution in [-0.4, -0.2) is 42.8 Å². The molecule has 1 aliphatic heterocycles. The van der Waals surface area contributed by atoms with Crippen LogP contribution in [0.5, 0.6) is 0 Å². The molecule has 5 heteroatoms. The first-order valence-electron chi connectivity index (χ1n) is 7.24. The molecule has 1 heterocycles. The number of esters is 1. The first kappa shape index (κ1) is 16.4. The second-order valence-corrected chi connectivity index (χ2v) is 4.84. The van der Waals surface area contributed by atoms with Gasteiger partial charge in [-0.25, -0.2) is 9.59 Å². The Morgan fingerprint density at radius 3 is 2.80 bits per heavy atom. The second kappa shape index (κ2) is 9.24. The molecule has 20 heavy (non-hydrogen) atoms. The summed E-state index contributed by atoms with van der Waals surface area (Å²) in [6, 6.07) is -0.532. The Morgan fingerprint density at radius 2 is 2.10 bits per heavy atom. The van der Waals surface area contributed by atoms with Crippen molar-refractivity contribution in [2.75, 3.05) is 19.8 Å². The van der Waals surface area contributed by atoms with E-state index in [4.69, 9.17) is 15.9 Å². The lowest BCUT2D eigenvalue weighted by atomic mass is 10.0. The van der Waals surface area contributed by atoms with Gasteiger partial charge in [-0.15, -0.1) is 6.42 Å². The van der Waals surface area contributed by atoms with Crippen molar-refractivity contribution in [3.63, 3.8) is 0 Å². The van der Waals surface area contributed by atoms with Gasteiger partial charge in [-0.05, 0) is 25.7 Å². The van der Waals surface area contributed by atoms with Crippen LogP contribution in [0.1, 0.15) is 45.4 Å². The minimum atomic E-state index is -0.532. The number of unbranched alkanes of at least 4 members (excludes halogenated alkanes) is 2. The molecule has 0 radical (unpaired) electrons. The summed E-state index contributed by atoms with van der Waals surface area (Å²) in [4.78, 5) is 25.3. The van der Waals surface area contributed by atoms with Crippen LogP contribution in [0.25, 0.3) is 0 Å². The molecule has 0 aromatic heterocycles. The van der Waals surface area contributed by atoms with Gasteiger partial charge in [-0.3, -0.25) is 4.90 Å². The fourth-order valence-corrected chi connectivity index (χ4v) is 2.20. The number of ether oxygens (including phenoxy) is 2. The zero-order chi connectivity index (χ0) is 14.8. The van der Waals surface area contributed by atoms with Crippen molar-refractivity contribution in [3.05, 3.63) is 0 Å². The van der Waals surface area contributed by atoms with Crippen molar-refractivity contribution >= 4 is 12.1 Å². The molecule has 1 aliphatic rings. The lowest BCUT2D eigenvalue weighted by Gasteiger charge is -2.32. The third kappa shape index (κ3) is 5.12. The molecule has 0 bridgehead atoms. The quantitative estimate of drug-likeness (QED) is 0.426. The molecule has 5 nitrogen and oxygen atoms in total. The van der Waals surface area contributed by atoms with E-state index in [1.807, 2.05) is 0 Å². The molecule has 1 saturated heterocycles. The van der Waals surface area contributed by atoms with Crippen LogP contribution in [0.2, 0.25) is 0 Å². The molecular weight excluding hydrogens is 258 g/mol. The monoisotopic (exact) mass is 281 g/mol. The molecule has 1 atom stereocenters. The van der Waals surface area contributed by atoms with Gasteiger partial charge in [0.2, 0.25) is 0 Å². The lowest BCUT2D eigenvalue weighted by molar-refractivity contribution is -0.150. The summed E-state index contributed by atoms with van der Waals surface area (Å²) < 4.78 is 10.1. The van der Waals surface area contributed by atoms with Crippen LogP contribution in [0, 0.1) is 12.3 Å². The van der Waals surface area contributed by atoms with E-state index in [1.54, 1.807) is 0 Å². The topological polar surface area (TPSA) is 55.8 Å². The van der Waals surface area contributed by atoms with Gasteiger partial charge in [0, 0.05) is 6.54 Å². The fraction of sp³-hybridized carbons (Fsp3) is 0.733. The van der Waals surface area contributed by atoms with Crippen molar-refractivity contribution < 1.29 is 19.1 Å². The Kier molecular flexibility index (Phi) is 7.56. The number of hydrogen-bond acceptors (Lipinski definition) is 4. The summed E-state index contributed by atoms with van der Waals surface area (Å²) in [6.07, 6.45) is 9.89. The minimum absolute atomic E-state index is 0.0758. The van der Waals surface area contributed by atoms with Gasteiger partial charge in [-0.2, -0.15) is 0 Å². The van der Waals surface area contributed by atoms with Crippen LogP contribution >= 0.6 is 0 Å². The summed E-state index contributed by atoms with van der Waals surface area (Å²) in [5.41, 5.74) is 0. The normalized spacial score (nSPS) is 18.2. The van der Waals surface area contributed by atoms with Crippen LogP contribution in [-0.2, 0) is 14.3 Å². The summed E-state index contributed by atoms with van der Waals surface area (Å²) in [6.45, 7) is 2.94. The average Bonchev–Trinajstić information content (AvgIpc) is 2.49. The summed E-state index contributed by atoms with van der Waals surface area (Å²) >= 11 is 0. The summed E-state index contributed by atoms with van der Waals surface area (Å²) in [7, 11) is 0. The predicted octanol–water partition coefficient (Wildman–Crippen LogP) is 2.34. The molecule has 0 spiro atoms. The maximum atomic E-state index is 12.0. The maximum Gasteiger partial charge on any atom is 0.411 e. The van der Waals surface area contributed by atoms with Gasteiger partial charge >= 0.3 is 12.1 Å². The molecule has 112 valence electrons. The number of rotatable bonds is 6. The van der Waals surface area contributed by atoms with Crippen LogP contribution in [0.3, 0.4) is 0 Å².